The average molecular weight is 382 g/mol. The summed E-state index contributed by atoms with van der Waals surface area (Å²) in [6.07, 6.45) is 1.95. The molecule has 2 aromatic rings. The van der Waals surface area contributed by atoms with Gasteiger partial charge in [-0.3, -0.25) is 4.90 Å². The molecule has 5 nitrogen and oxygen atoms in total. The first-order chi connectivity index (χ1) is 13.7. The second-order valence-electron chi connectivity index (χ2n) is 7.38. The third-order valence-corrected chi connectivity index (χ3v) is 5.29. The van der Waals surface area contributed by atoms with Gasteiger partial charge in [-0.1, -0.05) is 41.6 Å². The van der Waals surface area contributed by atoms with E-state index in [-0.39, 0.29) is 0 Å². The number of benzene rings is 2. The molecule has 1 aliphatic rings. The maximum atomic E-state index is 9.67. The highest BCUT2D eigenvalue weighted by molar-refractivity contribution is 6.04. The fourth-order valence-electron chi connectivity index (χ4n) is 3.56. The van der Waals surface area contributed by atoms with Crippen LogP contribution in [0, 0.1) is 0 Å². The van der Waals surface area contributed by atoms with Crippen LogP contribution >= 0.6 is 0 Å². The van der Waals surface area contributed by atoms with Gasteiger partial charge in [0.15, 0.2) is 0 Å². The summed E-state index contributed by atoms with van der Waals surface area (Å²) >= 11 is 0. The lowest BCUT2D eigenvalue weighted by Crippen LogP contribution is -2.46. The molecule has 150 valence electrons. The smallest absolute Gasteiger partial charge is 0.128 e. The maximum Gasteiger partial charge on any atom is 0.128 e. The Labute approximate surface area is 168 Å². The first kappa shape index (κ1) is 20.4. The number of hydrogen-bond donors (Lipinski definition) is 1. The zero-order valence-electron chi connectivity index (χ0n) is 17.0. The molecule has 1 N–H and O–H groups in total. The quantitative estimate of drug-likeness (QED) is 0.433. The summed E-state index contributed by atoms with van der Waals surface area (Å²) in [5, 5.41) is 13.3. The van der Waals surface area contributed by atoms with Crippen LogP contribution in [0.4, 0.5) is 0 Å². The highest BCUT2D eigenvalue weighted by Gasteiger charge is 2.19. The van der Waals surface area contributed by atoms with E-state index in [1.54, 1.807) is 0 Å². The third-order valence-electron chi connectivity index (χ3n) is 5.29. The van der Waals surface area contributed by atoms with Crippen molar-refractivity contribution >= 4 is 5.71 Å². The topological polar surface area (TPSA) is 48.3 Å². The Hall–Kier alpha value is -2.37. The maximum absolute atomic E-state index is 9.67. The van der Waals surface area contributed by atoms with Crippen LogP contribution in [0.1, 0.15) is 23.6 Å². The summed E-state index contributed by atoms with van der Waals surface area (Å²) in [6, 6.07) is 16.8. The number of rotatable bonds is 8. The minimum Gasteiger partial charge on any atom is -0.493 e. The lowest BCUT2D eigenvalue weighted by Gasteiger charge is -2.32. The van der Waals surface area contributed by atoms with Gasteiger partial charge < -0.3 is 14.8 Å². The van der Waals surface area contributed by atoms with Crippen LogP contribution in [0.3, 0.4) is 0 Å². The number of ether oxygens (including phenoxy) is 1. The van der Waals surface area contributed by atoms with Crippen molar-refractivity contribution in [3.63, 3.8) is 0 Å². The fraction of sp³-hybridized carbons (Fsp3) is 0.435. The number of hydrogen-bond acceptors (Lipinski definition) is 5. The van der Waals surface area contributed by atoms with Crippen molar-refractivity contribution in [2.24, 2.45) is 5.16 Å². The molecule has 5 heteroatoms. The minimum absolute atomic E-state index is 0.586. The highest BCUT2D eigenvalue weighted by atomic mass is 16.5. The molecule has 1 fully saturated rings. The van der Waals surface area contributed by atoms with Gasteiger partial charge in [-0.25, -0.2) is 0 Å². The van der Waals surface area contributed by atoms with Crippen LogP contribution in [-0.4, -0.2) is 67.1 Å². The Balaban J connectivity index is 1.72. The molecule has 1 saturated heterocycles. The van der Waals surface area contributed by atoms with E-state index in [2.05, 4.69) is 58.4 Å². The molecule has 0 amide bonds. The first-order valence-corrected chi connectivity index (χ1v) is 10.1. The summed E-state index contributed by atoms with van der Waals surface area (Å²) in [5.74, 6) is 0.801. The standard InChI is InChI=1S/C23H31N3O2/c1-3-28-23-17-20(10-9-19-7-5-4-6-8-19)11-12-21(23)22(24-27)18-26-15-13-25(2)14-16-26/h4-8,11-12,17,27H,3,9-10,13-16,18H2,1-2H3/b24-22+. The Kier molecular flexibility index (Phi) is 7.46. The highest BCUT2D eigenvalue weighted by Crippen LogP contribution is 2.23. The van der Waals surface area contributed by atoms with Crippen LogP contribution in [0.15, 0.2) is 53.7 Å². The van der Waals surface area contributed by atoms with E-state index < -0.39 is 0 Å². The predicted octanol–water partition coefficient (Wildman–Crippen LogP) is 3.30. The van der Waals surface area contributed by atoms with Gasteiger partial charge in [0.25, 0.3) is 0 Å². The van der Waals surface area contributed by atoms with Crippen molar-refractivity contribution in [1.29, 1.82) is 0 Å². The molecule has 3 rings (SSSR count). The van der Waals surface area contributed by atoms with Gasteiger partial charge in [-0.05, 0) is 50.1 Å². The Morgan fingerprint density at radius 3 is 2.39 bits per heavy atom. The van der Waals surface area contributed by atoms with Crippen LogP contribution in [0.25, 0.3) is 0 Å². The third kappa shape index (κ3) is 5.57. The molecular weight excluding hydrogens is 350 g/mol. The van der Waals surface area contributed by atoms with Crippen LogP contribution in [0.2, 0.25) is 0 Å². The van der Waals surface area contributed by atoms with Gasteiger partial charge in [0.05, 0.1) is 6.61 Å². The lowest BCUT2D eigenvalue weighted by molar-refractivity contribution is 0.169. The van der Waals surface area contributed by atoms with Crippen LogP contribution in [0.5, 0.6) is 5.75 Å². The van der Waals surface area contributed by atoms with Gasteiger partial charge in [-0.15, -0.1) is 0 Å². The monoisotopic (exact) mass is 381 g/mol. The molecule has 0 aromatic heterocycles. The number of aryl methyl sites for hydroxylation is 2. The van der Waals surface area contributed by atoms with Crippen molar-refractivity contribution in [3.05, 3.63) is 65.2 Å². The van der Waals surface area contributed by atoms with E-state index in [0.29, 0.717) is 18.9 Å². The van der Waals surface area contributed by atoms with Gasteiger partial charge in [0.1, 0.15) is 11.5 Å². The van der Waals surface area contributed by atoms with E-state index in [4.69, 9.17) is 4.74 Å². The van der Waals surface area contributed by atoms with Crippen molar-refractivity contribution in [1.82, 2.24) is 9.80 Å². The summed E-state index contributed by atoms with van der Waals surface area (Å²) in [5.41, 5.74) is 4.11. The molecule has 0 aliphatic carbocycles. The Morgan fingerprint density at radius 2 is 1.71 bits per heavy atom. The summed E-state index contributed by atoms with van der Waals surface area (Å²) in [7, 11) is 2.14. The van der Waals surface area contributed by atoms with Crippen molar-refractivity contribution in [2.45, 2.75) is 19.8 Å². The summed E-state index contributed by atoms with van der Waals surface area (Å²) in [4.78, 5) is 4.65. The second kappa shape index (κ2) is 10.2. The van der Waals surface area contributed by atoms with E-state index in [0.717, 1.165) is 50.3 Å². The molecule has 1 heterocycles. The van der Waals surface area contributed by atoms with Gasteiger partial charge in [-0.2, -0.15) is 0 Å². The van der Waals surface area contributed by atoms with Crippen LogP contribution < -0.4 is 4.74 Å². The minimum atomic E-state index is 0.586. The fourth-order valence-corrected chi connectivity index (χ4v) is 3.56. The molecule has 28 heavy (non-hydrogen) atoms. The van der Waals surface area contributed by atoms with E-state index in [1.165, 1.54) is 11.1 Å². The predicted molar refractivity (Wildman–Crippen MR) is 114 cm³/mol. The SMILES string of the molecule is CCOc1cc(CCc2ccccc2)ccc1/C(CN1CCN(C)CC1)=N/O. The summed E-state index contributed by atoms with van der Waals surface area (Å²) < 4.78 is 5.90. The van der Waals surface area contributed by atoms with Gasteiger partial charge >= 0.3 is 0 Å². The zero-order valence-corrected chi connectivity index (χ0v) is 17.0. The summed E-state index contributed by atoms with van der Waals surface area (Å²) in [6.45, 7) is 7.24. The second-order valence-corrected chi connectivity index (χ2v) is 7.38. The molecule has 2 aromatic carbocycles. The molecular formula is C23H31N3O2. The Bertz CT molecular complexity index is 769. The molecule has 1 aliphatic heterocycles. The Morgan fingerprint density at radius 1 is 1.00 bits per heavy atom. The number of likely N-dealkylation sites (N-methyl/N-ethyl adjacent to an activating group) is 1. The zero-order chi connectivity index (χ0) is 19.8. The molecule has 0 spiro atoms. The van der Waals surface area contributed by atoms with Gasteiger partial charge in [0.2, 0.25) is 0 Å². The number of nitrogens with zero attached hydrogens (tertiary/aromatic N) is 3. The number of oxime groups is 1. The van der Waals surface area contributed by atoms with Crippen molar-refractivity contribution in [3.8, 4) is 5.75 Å². The lowest BCUT2D eigenvalue weighted by atomic mass is 10.0. The van der Waals surface area contributed by atoms with E-state index in [9.17, 15) is 5.21 Å². The largest absolute Gasteiger partial charge is 0.493 e. The van der Waals surface area contributed by atoms with Crippen molar-refractivity contribution in [2.75, 3.05) is 46.4 Å². The van der Waals surface area contributed by atoms with E-state index >= 15 is 0 Å². The van der Waals surface area contributed by atoms with E-state index in [1.807, 2.05) is 19.1 Å². The molecule has 0 radical (unpaired) electrons. The normalized spacial score (nSPS) is 16.3. The average Bonchev–Trinajstić information content (AvgIpc) is 2.73. The molecule has 0 atom stereocenters. The van der Waals surface area contributed by atoms with Crippen LogP contribution in [-0.2, 0) is 12.8 Å². The number of piperazine rings is 1. The molecule has 0 saturated carbocycles. The first-order valence-electron chi connectivity index (χ1n) is 10.1. The van der Waals surface area contributed by atoms with Gasteiger partial charge in [0, 0.05) is 38.3 Å². The van der Waals surface area contributed by atoms with Crippen molar-refractivity contribution < 1.29 is 9.94 Å². The molecule has 0 bridgehead atoms. The molecule has 0 unspecified atom stereocenters.